The Balaban J connectivity index is 1.68. The van der Waals surface area contributed by atoms with Gasteiger partial charge in [0, 0.05) is 17.6 Å². The summed E-state index contributed by atoms with van der Waals surface area (Å²) in [6.45, 7) is 0.806. The lowest BCUT2D eigenvalue weighted by Gasteiger charge is -2.28. The number of hydrogen-bond acceptors (Lipinski definition) is 3. The highest BCUT2D eigenvalue weighted by molar-refractivity contribution is 7.14. The minimum atomic E-state index is 0.156. The number of carbonyl (C=O) groups is 1. The van der Waals surface area contributed by atoms with E-state index >= 15 is 0 Å². The van der Waals surface area contributed by atoms with E-state index in [4.69, 9.17) is 0 Å². The fourth-order valence-electron chi connectivity index (χ4n) is 3.33. The first-order valence-corrected chi connectivity index (χ1v) is 8.52. The van der Waals surface area contributed by atoms with Crippen LogP contribution >= 0.6 is 11.3 Å². The third-order valence-corrected chi connectivity index (χ3v) is 5.63. The predicted octanol–water partition coefficient (Wildman–Crippen LogP) is 3.61. The Morgan fingerprint density at radius 3 is 3.00 bits per heavy atom. The van der Waals surface area contributed by atoms with E-state index in [1.165, 1.54) is 23.3 Å². The quantitative estimate of drug-likeness (QED) is 0.805. The average molecular weight is 298 g/mol. The van der Waals surface area contributed by atoms with Gasteiger partial charge in [-0.2, -0.15) is 0 Å². The standard InChI is InChI=1S/C17H18N2OS/c20-17(16-11-12-5-1-2-8-15(12)21-16)19-10-4-6-13-14(19)7-3-9-18-13/h3,7,9,11H,1-2,4-6,8,10H2. The Labute approximate surface area is 128 Å². The van der Waals surface area contributed by atoms with Gasteiger partial charge in [0.2, 0.25) is 0 Å². The monoisotopic (exact) mass is 298 g/mol. The Kier molecular flexibility index (Phi) is 3.26. The summed E-state index contributed by atoms with van der Waals surface area (Å²) in [5, 5.41) is 0. The number of nitrogens with zero attached hydrogens (tertiary/aromatic N) is 2. The van der Waals surface area contributed by atoms with Crippen LogP contribution < -0.4 is 4.90 Å². The zero-order chi connectivity index (χ0) is 14.2. The average Bonchev–Trinajstić information content (AvgIpc) is 2.97. The first kappa shape index (κ1) is 13.0. The number of thiophene rings is 1. The molecule has 1 aliphatic carbocycles. The third-order valence-electron chi connectivity index (χ3n) is 4.40. The summed E-state index contributed by atoms with van der Waals surface area (Å²) >= 11 is 1.70. The number of aryl methyl sites for hydroxylation is 3. The number of carbonyl (C=O) groups excluding carboxylic acids is 1. The first-order valence-electron chi connectivity index (χ1n) is 7.70. The van der Waals surface area contributed by atoms with E-state index in [0.29, 0.717) is 0 Å². The molecule has 0 fully saturated rings. The van der Waals surface area contributed by atoms with Crippen molar-refractivity contribution < 1.29 is 4.79 Å². The van der Waals surface area contributed by atoms with E-state index in [9.17, 15) is 4.79 Å². The van der Waals surface area contributed by atoms with E-state index in [0.717, 1.165) is 48.5 Å². The van der Waals surface area contributed by atoms with E-state index in [2.05, 4.69) is 11.1 Å². The molecule has 1 amide bonds. The fraction of sp³-hybridized carbons (Fsp3) is 0.412. The van der Waals surface area contributed by atoms with Crippen molar-refractivity contribution >= 4 is 22.9 Å². The normalized spacial score (nSPS) is 17.2. The minimum absolute atomic E-state index is 0.156. The summed E-state index contributed by atoms with van der Waals surface area (Å²) in [5.74, 6) is 0.156. The van der Waals surface area contributed by atoms with Gasteiger partial charge in [-0.15, -0.1) is 11.3 Å². The van der Waals surface area contributed by atoms with Crippen LogP contribution in [-0.2, 0) is 19.3 Å². The molecule has 4 rings (SSSR count). The maximum Gasteiger partial charge on any atom is 0.268 e. The van der Waals surface area contributed by atoms with Crippen LogP contribution in [0.2, 0.25) is 0 Å². The van der Waals surface area contributed by atoms with Crippen LogP contribution in [0.4, 0.5) is 5.69 Å². The number of rotatable bonds is 1. The number of fused-ring (bicyclic) bond motifs is 2. The fourth-order valence-corrected chi connectivity index (χ4v) is 4.54. The summed E-state index contributed by atoms with van der Waals surface area (Å²) in [4.78, 5) is 21.6. The van der Waals surface area contributed by atoms with Crippen LogP contribution in [0, 0.1) is 0 Å². The highest BCUT2D eigenvalue weighted by atomic mass is 32.1. The molecule has 0 aromatic carbocycles. The lowest BCUT2D eigenvalue weighted by Crippen LogP contribution is -2.35. The summed E-state index contributed by atoms with van der Waals surface area (Å²) in [6.07, 6.45) is 8.59. The molecule has 1 aliphatic heterocycles. The van der Waals surface area contributed by atoms with Gasteiger partial charge in [0.25, 0.3) is 5.91 Å². The number of amides is 1. The van der Waals surface area contributed by atoms with Crippen LogP contribution in [0.15, 0.2) is 24.4 Å². The minimum Gasteiger partial charge on any atom is -0.306 e. The van der Waals surface area contributed by atoms with Crippen LogP contribution in [-0.4, -0.2) is 17.4 Å². The van der Waals surface area contributed by atoms with Gasteiger partial charge in [0.1, 0.15) is 0 Å². The van der Waals surface area contributed by atoms with E-state index < -0.39 is 0 Å². The van der Waals surface area contributed by atoms with Crippen molar-refractivity contribution in [3.63, 3.8) is 0 Å². The lowest BCUT2D eigenvalue weighted by molar-refractivity contribution is 0.0988. The largest absolute Gasteiger partial charge is 0.306 e. The van der Waals surface area contributed by atoms with Crippen molar-refractivity contribution in [2.24, 2.45) is 0 Å². The van der Waals surface area contributed by atoms with Crippen LogP contribution in [0.3, 0.4) is 0 Å². The first-order chi connectivity index (χ1) is 10.3. The Bertz CT molecular complexity index is 668. The van der Waals surface area contributed by atoms with Gasteiger partial charge in [-0.05, 0) is 62.3 Å². The summed E-state index contributed by atoms with van der Waals surface area (Å²) in [6, 6.07) is 6.07. The van der Waals surface area contributed by atoms with Crippen molar-refractivity contribution in [1.29, 1.82) is 0 Å². The van der Waals surface area contributed by atoms with Crippen molar-refractivity contribution in [1.82, 2.24) is 4.98 Å². The Morgan fingerprint density at radius 1 is 1.19 bits per heavy atom. The summed E-state index contributed by atoms with van der Waals surface area (Å²) in [7, 11) is 0. The second-order valence-corrected chi connectivity index (χ2v) is 6.93. The molecule has 0 unspecified atom stereocenters. The molecule has 0 N–H and O–H groups in total. The molecule has 0 bridgehead atoms. The SMILES string of the molecule is O=C(c1cc2c(s1)CCCC2)N1CCCc2ncccc21. The zero-order valence-corrected chi connectivity index (χ0v) is 12.8. The molecule has 0 atom stereocenters. The molecule has 2 aromatic heterocycles. The summed E-state index contributed by atoms with van der Waals surface area (Å²) in [5.41, 5.74) is 3.46. The second kappa shape index (κ2) is 5.26. The highest BCUT2D eigenvalue weighted by Gasteiger charge is 2.26. The van der Waals surface area contributed by atoms with Gasteiger partial charge in [0.05, 0.1) is 16.3 Å². The van der Waals surface area contributed by atoms with Gasteiger partial charge in [-0.3, -0.25) is 9.78 Å². The molecule has 0 saturated carbocycles. The molecule has 0 spiro atoms. The number of anilines is 1. The smallest absolute Gasteiger partial charge is 0.268 e. The topological polar surface area (TPSA) is 33.2 Å². The van der Waals surface area contributed by atoms with Crippen molar-refractivity contribution in [3.05, 3.63) is 45.4 Å². The van der Waals surface area contributed by atoms with Crippen LogP contribution in [0.1, 0.15) is 45.1 Å². The molecule has 4 heteroatoms. The van der Waals surface area contributed by atoms with Crippen LogP contribution in [0.5, 0.6) is 0 Å². The maximum atomic E-state index is 12.9. The predicted molar refractivity (Wildman–Crippen MR) is 85.2 cm³/mol. The molecule has 0 saturated heterocycles. The highest BCUT2D eigenvalue weighted by Crippen LogP contribution is 2.33. The number of aromatic nitrogens is 1. The molecule has 0 radical (unpaired) electrons. The number of hydrogen-bond donors (Lipinski definition) is 0. The Hall–Kier alpha value is -1.68. The van der Waals surface area contributed by atoms with Gasteiger partial charge in [-0.25, -0.2) is 0 Å². The molecule has 3 nitrogen and oxygen atoms in total. The van der Waals surface area contributed by atoms with E-state index in [1.54, 1.807) is 11.3 Å². The van der Waals surface area contributed by atoms with Crippen molar-refractivity contribution in [2.75, 3.05) is 11.4 Å². The van der Waals surface area contributed by atoms with Gasteiger partial charge < -0.3 is 4.90 Å². The third kappa shape index (κ3) is 2.27. The van der Waals surface area contributed by atoms with E-state index in [-0.39, 0.29) is 5.91 Å². The van der Waals surface area contributed by atoms with Gasteiger partial charge in [0.15, 0.2) is 0 Å². The molecule has 3 heterocycles. The second-order valence-electron chi connectivity index (χ2n) is 5.80. The molecular formula is C17H18N2OS. The Morgan fingerprint density at radius 2 is 2.10 bits per heavy atom. The van der Waals surface area contributed by atoms with Gasteiger partial charge >= 0.3 is 0 Å². The molecule has 2 aliphatic rings. The summed E-state index contributed by atoms with van der Waals surface area (Å²) < 4.78 is 0. The number of pyridine rings is 1. The molecule has 2 aromatic rings. The van der Waals surface area contributed by atoms with Gasteiger partial charge in [-0.1, -0.05) is 0 Å². The zero-order valence-electron chi connectivity index (χ0n) is 12.0. The van der Waals surface area contributed by atoms with Crippen LogP contribution in [0.25, 0.3) is 0 Å². The van der Waals surface area contributed by atoms with Crippen molar-refractivity contribution in [2.45, 2.75) is 38.5 Å². The van der Waals surface area contributed by atoms with Crippen molar-refractivity contribution in [3.8, 4) is 0 Å². The lowest BCUT2D eigenvalue weighted by atomic mass is 9.99. The molecular weight excluding hydrogens is 280 g/mol. The maximum absolute atomic E-state index is 12.9. The van der Waals surface area contributed by atoms with E-state index in [1.807, 2.05) is 23.2 Å². The molecule has 108 valence electrons. The molecule has 21 heavy (non-hydrogen) atoms.